The van der Waals surface area contributed by atoms with Crippen molar-refractivity contribution in [2.45, 2.75) is 26.3 Å². The molecule has 0 aliphatic carbocycles. The highest BCUT2D eigenvalue weighted by atomic mass is 32.2. The van der Waals surface area contributed by atoms with E-state index in [1.165, 1.54) is 12.1 Å². The Morgan fingerprint density at radius 1 is 1.50 bits per heavy atom. The molecule has 1 rings (SSSR count). The summed E-state index contributed by atoms with van der Waals surface area (Å²) in [6.45, 7) is 3.88. The summed E-state index contributed by atoms with van der Waals surface area (Å²) in [6, 6.07) is 4.89. The lowest BCUT2D eigenvalue weighted by atomic mass is 10.1. The molecule has 0 spiro atoms. The fourth-order valence-electron chi connectivity index (χ4n) is 1.56. The van der Waals surface area contributed by atoms with Crippen molar-refractivity contribution in [3.8, 4) is 0 Å². The molecule has 0 fully saturated rings. The van der Waals surface area contributed by atoms with E-state index in [2.05, 4.69) is 5.32 Å². The maximum atomic E-state index is 11.0. The molecular weight excluding hydrogens is 252 g/mol. The highest BCUT2D eigenvalue weighted by Crippen LogP contribution is 2.22. The van der Waals surface area contributed by atoms with Crippen molar-refractivity contribution in [2.24, 2.45) is 0 Å². The van der Waals surface area contributed by atoms with Gasteiger partial charge >= 0.3 is 0 Å². The summed E-state index contributed by atoms with van der Waals surface area (Å²) in [5.74, 6) is 0.627. The first-order chi connectivity index (χ1) is 8.40. The van der Waals surface area contributed by atoms with Gasteiger partial charge in [-0.2, -0.15) is 0 Å². The SMILES string of the molecule is Cc1ccc([N+](=O)[O-])cc1NC(C)CCS(C)=O. The Morgan fingerprint density at radius 2 is 2.17 bits per heavy atom. The van der Waals surface area contributed by atoms with Gasteiger partial charge in [-0.25, -0.2) is 0 Å². The number of hydrogen-bond acceptors (Lipinski definition) is 4. The van der Waals surface area contributed by atoms with Crippen molar-refractivity contribution < 1.29 is 9.13 Å². The normalized spacial score (nSPS) is 13.9. The Morgan fingerprint density at radius 3 is 2.72 bits per heavy atom. The molecule has 0 saturated carbocycles. The summed E-state index contributed by atoms with van der Waals surface area (Å²) < 4.78 is 11.0. The van der Waals surface area contributed by atoms with Crippen molar-refractivity contribution in [3.05, 3.63) is 33.9 Å². The average molecular weight is 270 g/mol. The number of anilines is 1. The Hall–Kier alpha value is -1.43. The molecule has 0 aliphatic heterocycles. The maximum Gasteiger partial charge on any atom is 0.271 e. The van der Waals surface area contributed by atoms with Crippen LogP contribution in [-0.2, 0) is 10.8 Å². The topological polar surface area (TPSA) is 72.2 Å². The summed E-state index contributed by atoms with van der Waals surface area (Å²) >= 11 is 0. The fraction of sp³-hybridized carbons (Fsp3) is 0.500. The largest absolute Gasteiger partial charge is 0.382 e. The Balaban J connectivity index is 2.73. The molecule has 0 aromatic heterocycles. The lowest BCUT2D eigenvalue weighted by molar-refractivity contribution is -0.384. The van der Waals surface area contributed by atoms with E-state index in [4.69, 9.17) is 0 Å². The van der Waals surface area contributed by atoms with Crippen LogP contribution in [0.3, 0.4) is 0 Å². The second-order valence-corrected chi connectivity index (χ2v) is 5.92. The van der Waals surface area contributed by atoms with E-state index in [1.807, 2.05) is 13.8 Å². The van der Waals surface area contributed by atoms with Gasteiger partial charge in [0.2, 0.25) is 0 Å². The van der Waals surface area contributed by atoms with Crippen LogP contribution in [0.25, 0.3) is 0 Å². The molecule has 0 radical (unpaired) electrons. The molecule has 0 aliphatic rings. The molecule has 1 N–H and O–H groups in total. The first-order valence-corrected chi connectivity index (χ1v) is 7.44. The number of nitro benzene ring substituents is 1. The third-order valence-corrected chi connectivity index (χ3v) is 3.48. The van der Waals surface area contributed by atoms with Crippen LogP contribution in [0.15, 0.2) is 18.2 Å². The summed E-state index contributed by atoms with van der Waals surface area (Å²) in [4.78, 5) is 10.3. The summed E-state index contributed by atoms with van der Waals surface area (Å²) in [5, 5.41) is 13.9. The molecule has 18 heavy (non-hydrogen) atoms. The molecule has 5 nitrogen and oxygen atoms in total. The van der Waals surface area contributed by atoms with Crippen molar-refractivity contribution >= 4 is 22.2 Å². The molecule has 100 valence electrons. The molecule has 2 atom stereocenters. The van der Waals surface area contributed by atoms with Gasteiger partial charge in [0, 0.05) is 46.7 Å². The van der Waals surface area contributed by atoms with Crippen LogP contribution in [0.4, 0.5) is 11.4 Å². The monoisotopic (exact) mass is 270 g/mol. The molecule has 0 bridgehead atoms. The van der Waals surface area contributed by atoms with Crippen LogP contribution in [0, 0.1) is 17.0 Å². The number of nitrogens with zero attached hydrogens (tertiary/aromatic N) is 1. The molecule has 1 aromatic carbocycles. The third-order valence-electron chi connectivity index (χ3n) is 2.67. The highest BCUT2D eigenvalue weighted by molar-refractivity contribution is 7.84. The zero-order chi connectivity index (χ0) is 13.7. The van der Waals surface area contributed by atoms with Gasteiger partial charge in [0.1, 0.15) is 0 Å². The first kappa shape index (κ1) is 14.6. The van der Waals surface area contributed by atoms with Crippen LogP contribution in [0.2, 0.25) is 0 Å². The van der Waals surface area contributed by atoms with Gasteiger partial charge in [-0.15, -0.1) is 0 Å². The Labute approximate surface area is 109 Å². The fourth-order valence-corrected chi connectivity index (χ4v) is 2.24. The number of nitro groups is 1. The van der Waals surface area contributed by atoms with Gasteiger partial charge in [0.05, 0.1) is 4.92 Å². The first-order valence-electron chi connectivity index (χ1n) is 5.71. The van der Waals surface area contributed by atoms with Crippen molar-refractivity contribution in [3.63, 3.8) is 0 Å². The van der Waals surface area contributed by atoms with Gasteiger partial charge in [0.25, 0.3) is 5.69 Å². The standard InChI is InChI=1S/C12H18N2O3S/c1-9-4-5-11(14(15)16)8-12(9)13-10(2)6-7-18(3)17/h4-5,8,10,13H,6-7H2,1-3H3. The predicted octanol–water partition coefficient (Wildman–Crippen LogP) is 2.47. The quantitative estimate of drug-likeness (QED) is 0.636. The summed E-state index contributed by atoms with van der Waals surface area (Å²) in [6.07, 6.45) is 2.44. The number of rotatable bonds is 6. The van der Waals surface area contributed by atoms with Crippen molar-refractivity contribution in [1.82, 2.24) is 0 Å². The van der Waals surface area contributed by atoms with Gasteiger partial charge in [-0.3, -0.25) is 14.3 Å². The van der Waals surface area contributed by atoms with Gasteiger partial charge in [0.15, 0.2) is 0 Å². The van der Waals surface area contributed by atoms with Crippen LogP contribution in [0.1, 0.15) is 18.9 Å². The second kappa shape index (κ2) is 6.49. The lowest BCUT2D eigenvalue weighted by Crippen LogP contribution is -2.18. The summed E-state index contributed by atoms with van der Waals surface area (Å²) in [5.41, 5.74) is 1.80. The smallest absolute Gasteiger partial charge is 0.271 e. The van der Waals surface area contributed by atoms with E-state index in [0.29, 0.717) is 5.75 Å². The number of benzene rings is 1. The molecule has 2 unspecified atom stereocenters. The Kier molecular flexibility index (Phi) is 5.27. The van der Waals surface area contributed by atoms with E-state index >= 15 is 0 Å². The summed E-state index contributed by atoms with van der Waals surface area (Å²) in [7, 11) is -0.809. The molecule has 0 amide bonds. The number of aryl methyl sites for hydroxylation is 1. The van der Waals surface area contributed by atoms with E-state index < -0.39 is 15.7 Å². The van der Waals surface area contributed by atoms with E-state index in [9.17, 15) is 14.3 Å². The molecule has 6 heteroatoms. The van der Waals surface area contributed by atoms with Gasteiger partial charge < -0.3 is 5.32 Å². The van der Waals surface area contributed by atoms with Crippen LogP contribution >= 0.6 is 0 Å². The minimum absolute atomic E-state index is 0.0781. The van der Waals surface area contributed by atoms with Crippen molar-refractivity contribution in [2.75, 3.05) is 17.3 Å². The van der Waals surface area contributed by atoms with Crippen molar-refractivity contribution in [1.29, 1.82) is 0 Å². The zero-order valence-corrected chi connectivity index (χ0v) is 11.6. The van der Waals surface area contributed by atoms with E-state index in [1.54, 1.807) is 12.3 Å². The maximum absolute atomic E-state index is 11.0. The number of hydrogen-bond donors (Lipinski definition) is 1. The van der Waals surface area contributed by atoms with Gasteiger partial charge in [-0.1, -0.05) is 6.07 Å². The molecule has 0 heterocycles. The minimum Gasteiger partial charge on any atom is -0.382 e. The Bertz CT molecular complexity index is 463. The zero-order valence-electron chi connectivity index (χ0n) is 10.8. The van der Waals surface area contributed by atoms with Crippen LogP contribution in [-0.4, -0.2) is 27.2 Å². The lowest BCUT2D eigenvalue weighted by Gasteiger charge is -2.16. The van der Waals surface area contributed by atoms with Crippen LogP contribution in [0.5, 0.6) is 0 Å². The molecular formula is C12H18N2O3S. The molecule has 1 aromatic rings. The van der Waals surface area contributed by atoms with Gasteiger partial charge in [-0.05, 0) is 25.8 Å². The number of nitrogens with one attached hydrogen (secondary N) is 1. The van der Waals surface area contributed by atoms with E-state index in [-0.39, 0.29) is 11.7 Å². The minimum atomic E-state index is -0.809. The molecule has 0 saturated heterocycles. The highest BCUT2D eigenvalue weighted by Gasteiger charge is 2.10. The van der Waals surface area contributed by atoms with Crippen LogP contribution < -0.4 is 5.32 Å². The average Bonchev–Trinajstić information content (AvgIpc) is 2.29. The second-order valence-electron chi connectivity index (χ2n) is 4.37. The predicted molar refractivity (Wildman–Crippen MR) is 74.5 cm³/mol. The number of non-ortho nitro benzene ring substituents is 1. The third kappa shape index (κ3) is 4.44. The van der Waals surface area contributed by atoms with E-state index in [0.717, 1.165) is 17.7 Å².